The number of phenolic OH excluding ortho intramolecular Hbond substituents is 2. The number of hydrogen-bond acceptors (Lipinski definition) is 6. The summed E-state index contributed by atoms with van der Waals surface area (Å²) in [5, 5.41) is 29.5. The zero-order valence-electron chi connectivity index (χ0n) is 16.4. The number of ether oxygens (including phenoxy) is 1. The number of aromatic carboxylic acids is 1. The molecule has 0 saturated carbocycles. The Bertz CT molecular complexity index is 1030. The van der Waals surface area contributed by atoms with E-state index in [1.807, 2.05) is 0 Å². The Labute approximate surface area is 193 Å². The molecule has 7 nitrogen and oxygen atoms in total. The number of methoxy groups -OCH3 is 1. The molecule has 0 heterocycles. The van der Waals surface area contributed by atoms with E-state index >= 15 is 0 Å². The summed E-state index contributed by atoms with van der Waals surface area (Å²) in [6, 6.07) is 3.40. The van der Waals surface area contributed by atoms with E-state index in [9.17, 15) is 29.7 Å². The molecule has 0 spiro atoms. The second-order valence-electron chi connectivity index (χ2n) is 6.68. The van der Waals surface area contributed by atoms with Crippen molar-refractivity contribution in [3.05, 3.63) is 55.5 Å². The van der Waals surface area contributed by atoms with Crippen molar-refractivity contribution < 1.29 is 34.4 Å². The van der Waals surface area contributed by atoms with Gasteiger partial charge in [0.25, 0.3) is 0 Å². The van der Waals surface area contributed by atoms with Crippen molar-refractivity contribution in [2.75, 3.05) is 7.11 Å². The van der Waals surface area contributed by atoms with Gasteiger partial charge in [-0.25, -0.2) is 4.79 Å². The Morgan fingerprint density at radius 2 is 1.48 bits per heavy atom. The van der Waals surface area contributed by atoms with Crippen LogP contribution in [-0.4, -0.2) is 40.2 Å². The number of carboxylic acids is 1. The van der Waals surface area contributed by atoms with Gasteiger partial charge in [-0.15, -0.1) is 0 Å². The molecule has 166 valence electrons. The number of aromatic hydroxyl groups is 2. The molecule has 0 saturated heterocycles. The summed E-state index contributed by atoms with van der Waals surface area (Å²) in [6.07, 6.45) is 2.35. The maximum absolute atomic E-state index is 13.0. The number of carboxylic acid groups (broad SMARTS) is 1. The van der Waals surface area contributed by atoms with E-state index in [-0.39, 0.29) is 39.3 Å². The number of ketones is 1. The van der Waals surface area contributed by atoms with Crippen LogP contribution in [-0.2, 0) is 16.0 Å². The van der Waals surface area contributed by atoms with Crippen molar-refractivity contribution in [3.63, 3.8) is 0 Å². The Kier molecular flexibility index (Phi) is 8.56. The van der Waals surface area contributed by atoms with Crippen molar-refractivity contribution in [2.24, 2.45) is 0 Å². The minimum atomic E-state index is -1.41. The topological polar surface area (TPSA) is 121 Å². The first kappa shape index (κ1) is 24.8. The number of carbonyl (C=O) groups excluding carboxylic acids is 2. The zero-order valence-corrected chi connectivity index (χ0v) is 18.6. The Morgan fingerprint density at radius 3 is 2.06 bits per heavy atom. The number of unbranched alkanes of at least 4 members (excludes halogenated alkanes) is 2. The Hall–Kier alpha value is -2.48. The third-order valence-corrected chi connectivity index (χ3v) is 5.71. The normalized spacial score (nSPS) is 10.7. The van der Waals surface area contributed by atoms with Crippen LogP contribution in [0.25, 0.3) is 0 Å². The number of hydrogen-bond donors (Lipinski definition) is 3. The molecule has 3 N–H and O–H groups in total. The predicted molar refractivity (Wildman–Crippen MR) is 116 cm³/mol. The van der Waals surface area contributed by atoms with Gasteiger partial charge in [-0.2, -0.15) is 0 Å². The molecule has 2 aromatic rings. The average molecular weight is 490 g/mol. The van der Waals surface area contributed by atoms with Crippen LogP contribution in [0.5, 0.6) is 11.5 Å². The van der Waals surface area contributed by atoms with Crippen LogP contribution in [0.4, 0.5) is 0 Å². The SMILES string of the molecule is COC(=O)CCCCCc1cc(C(=O)c2cc(Cl)c(Cl)cc2C(=O)O)c(O)c(Cl)c1O. The first-order valence-corrected chi connectivity index (χ1v) is 10.3. The highest BCUT2D eigenvalue weighted by molar-refractivity contribution is 6.42. The highest BCUT2D eigenvalue weighted by Gasteiger charge is 2.26. The lowest BCUT2D eigenvalue weighted by molar-refractivity contribution is -0.140. The lowest BCUT2D eigenvalue weighted by Gasteiger charge is -2.13. The molecule has 2 rings (SSSR count). The zero-order chi connectivity index (χ0) is 23.3. The summed E-state index contributed by atoms with van der Waals surface area (Å²) >= 11 is 17.8. The number of esters is 1. The Balaban J connectivity index is 2.35. The molecule has 31 heavy (non-hydrogen) atoms. The van der Waals surface area contributed by atoms with Crippen LogP contribution in [0.1, 0.15) is 57.5 Å². The molecule has 0 aromatic heterocycles. The molecule has 0 atom stereocenters. The number of rotatable bonds is 9. The monoisotopic (exact) mass is 488 g/mol. The smallest absolute Gasteiger partial charge is 0.336 e. The van der Waals surface area contributed by atoms with Gasteiger partial charge in [-0.3, -0.25) is 9.59 Å². The summed E-state index contributed by atoms with van der Waals surface area (Å²) in [6.45, 7) is 0. The van der Waals surface area contributed by atoms with Gasteiger partial charge < -0.3 is 20.1 Å². The lowest BCUT2D eigenvalue weighted by Crippen LogP contribution is -2.11. The van der Waals surface area contributed by atoms with Crippen LogP contribution in [0.3, 0.4) is 0 Å². The third kappa shape index (κ3) is 5.81. The molecule has 0 amide bonds. The summed E-state index contributed by atoms with van der Waals surface area (Å²) in [5.74, 6) is -3.63. The van der Waals surface area contributed by atoms with Gasteiger partial charge in [-0.1, -0.05) is 41.2 Å². The molecule has 2 aromatic carbocycles. The van der Waals surface area contributed by atoms with Gasteiger partial charge in [0, 0.05) is 12.0 Å². The summed E-state index contributed by atoms with van der Waals surface area (Å²) in [7, 11) is 1.31. The van der Waals surface area contributed by atoms with Gasteiger partial charge in [0.2, 0.25) is 0 Å². The van der Waals surface area contributed by atoms with Crippen molar-refractivity contribution in [2.45, 2.75) is 32.1 Å². The average Bonchev–Trinajstić information content (AvgIpc) is 2.73. The van der Waals surface area contributed by atoms with Gasteiger partial charge in [0.1, 0.15) is 16.5 Å². The van der Waals surface area contributed by atoms with Crippen LogP contribution in [0, 0.1) is 0 Å². The van der Waals surface area contributed by atoms with Crippen LogP contribution < -0.4 is 0 Å². The van der Waals surface area contributed by atoms with E-state index in [0.717, 1.165) is 12.1 Å². The number of halogens is 3. The van der Waals surface area contributed by atoms with Gasteiger partial charge in [-0.05, 0) is 43.0 Å². The number of benzene rings is 2. The maximum atomic E-state index is 13.0. The summed E-state index contributed by atoms with van der Waals surface area (Å²) < 4.78 is 4.57. The lowest BCUT2D eigenvalue weighted by atomic mass is 9.94. The van der Waals surface area contributed by atoms with E-state index in [0.29, 0.717) is 31.2 Å². The van der Waals surface area contributed by atoms with E-state index in [2.05, 4.69) is 4.74 Å². The quantitative estimate of drug-likeness (QED) is 0.249. The minimum Gasteiger partial charge on any atom is -0.506 e. The highest BCUT2D eigenvalue weighted by atomic mass is 35.5. The fourth-order valence-electron chi connectivity index (χ4n) is 2.97. The number of phenols is 2. The predicted octanol–water partition coefficient (Wildman–Crippen LogP) is 5.26. The molecule has 0 aliphatic rings. The molecule has 0 bridgehead atoms. The molecule has 0 unspecified atom stereocenters. The number of aryl methyl sites for hydroxylation is 1. The minimum absolute atomic E-state index is 0.0368. The Morgan fingerprint density at radius 1 is 0.871 bits per heavy atom. The van der Waals surface area contributed by atoms with Gasteiger partial charge >= 0.3 is 11.9 Å². The second-order valence-corrected chi connectivity index (χ2v) is 7.87. The highest BCUT2D eigenvalue weighted by Crippen LogP contribution is 2.40. The maximum Gasteiger partial charge on any atom is 0.336 e. The van der Waals surface area contributed by atoms with Crippen molar-refractivity contribution in [1.29, 1.82) is 0 Å². The molecular weight excluding hydrogens is 471 g/mol. The van der Waals surface area contributed by atoms with E-state index in [4.69, 9.17) is 34.8 Å². The van der Waals surface area contributed by atoms with Crippen molar-refractivity contribution >= 4 is 52.5 Å². The molecule has 0 fully saturated rings. The second kappa shape index (κ2) is 10.7. The van der Waals surface area contributed by atoms with E-state index in [1.165, 1.54) is 13.2 Å². The standard InChI is InChI=1S/C21H19Cl3O7/c1-31-16(25)6-4-2-3-5-10-7-13(20(28)17(24)18(10)26)19(27)11-8-14(22)15(23)9-12(11)21(29)30/h7-9,26,28H,2-6H2,1H3,(H,29,30). The molecule has 0 radical (unpaired) electrons. The first-order chi connectivity index (χ1) is 14.6. The number of carbonyl (C=O) groups is 3. The molecule has 0 aliphatic heterocycles. The largest absolute Gasteiger partial charge is 0.506 e. The van der Waals surface area contributed by atoms with E-state index < -0.39 is 28.1 Å². The van der Waals surface area contributed by atoms with E-state index in [1.54, 1.807) is 0 Å². The summed E-state index contributed by atoms with van der Waals surface area (Å²) in [4.78, 5) is 35.7. The fourth-order valence-corrected chi connectivity index (χ4v) is 3.52. The van der Waals surface area contributed by atoms with Crippen LogP contribution in [0.2, 0.25) is 15.1 Å². The van der Waals surface area contributed by atoms with Gasteiger partial charge in [0.15, 0.2) is 5.78 Å². The fraction of sp³-hybridized carbons (Fsp3) is 0.286. The molecular formula is C21H19Cl3O7. The van der Waals surface area contributed by atoms with Crippen LogP contribution in [0.15, 0.2) is 18.2 Å². The molecule has 10 heteroatoms. The third-order valence-electron chi connectivity index (χ3n) is 4.63. The van der Waals surface area contributed by atoms with Gasteiger partial charge in [0.05, 0.1) is 28.3 Å². The summed E-state index contributed by atoms with van der Waals surface area (Å²) in [5.41, 5.74) is -0.676. The molecule has 0 aliphatic carbocycles. The van der Waals surface area contributed by atoms with Crippen molar-refractivity contribution in [1.82, 2.24) is 0 Å². The first-order valence-electron chi connectivity index (χ1n) is 9.15. The van der Waals surface area contributed by atoms with Crippen molar-refractivity contribution in [3.8, 4) is 11.5 Å². The van der Waals surface area contributed by atoms with Crippen LogP contribution >= 0.6 is 34.8 Å².